The van der Waals surface area contributed by atoms with Crippen LogP contribution in [0.25, 0.3) is 0 Å². The third kappa shape index (κ3) is 7.64. The number of Topliss-reactive ketones (excluding diaryl/α,β-unsaturated/α-hetero) is 1. The fraction of sp³-hybridized carbons (Fsp3) is 0.391. The van der Waals surface area contributed by atoms with Crippen LogP contribution in [-0.4, -0.2) is 18.4 Å². The Kier molecular flexibility index (Phi) is 8.61. The fourth-order valence-electron chi connectivity index (χ4n) is 2.84. The van der Waals surface area contributed by atoms with E-state index in [1.54, 1.807) is 0 Å². The number of esters is 1. The average Bonchev–Trinajstić information content (AvgIpc) is 2.66. The van der Waals surface area contributed by atoms with Gasteiger partial charge in [0.05, 0.1) is 0 Å². The predicted molar refractivity (Wildman–Crippen MR) is 104 cm³/mol. The minimum absolute atomic E-state index is 0.0648. The lowest BCUT2D eigenvalue weighted by Gasteiger charge is -2.06. The van der Waals surface area contributed by atoms with Crippen LogP contribution >= 0.6 is 0 Å². The first-order valence-electron chi connectivity index (χ1n) is 9.46. The highest BCUT2D eigenvalue weighted by Gasteiger charge is 2.08. The molecule has 0 bridgehead atoms. The summed E-state index contributed by atoms with van der Waals surface area (Å²) >= 11 is 0. The molecule has 0 aliphatic rings. The van der Waals surface area contributed by atoms with Crippen molar-refractivity contribution in [3.8, 4) is 0 Å². The van der Waals surface area contributed by atoms with Gasteiger partial charge in [-0.25, -0.2) is 0 Å². The topological polar surface area (TPSA) is 43.4 Å². The first-order valence-corrected chi connectivity index (χ1v) is 9.46. The molecule has 0 aromatic heterocycles. The van der Waals surface area contributed by atoms with E-state index < -0.39 is 0 Å². The number of carbonyl (C=O) groups is 2. The van der Waals surface area contributed by atoms with Crippen LogP contribution in [0.3, 0.4) is 0 Å². The van der Waals surface area contributed by atoms with Crippen LogP contribution in [0.15, 0.2) is 54.6 Å². The van der Waals surface area contributed by atoms with Crippen LogP contribution in [0.2, 0.25) is 0 Å². The van der Waals surface area contributed by atoms with Crippen molar-refractivity contribution in [3.63, 3.8) is 0 Å². The van der Waals surface area contributed by atoms with Gasteiger partial charge >= 0.3 is 5.97 Å². The molecule has 0 N–H and O–H groups in total. The molecular weight excluding hydrogens is 324 g/mol. The molecular formula is C23H28O3. The number of unbranched alkanes of at least 4 members (excludes halogenated alkanes) is 1. The number of hydrogen-bond acceptors (Lipinski definition) is 3. The first-order chi connectivity index (χ1) is 12.7. The SMILES string of the molecule is CCCC(=O)OCC(=O)Cc1ccc(CCCCc2ccccc2)cc1. The molecule has 2 aromatic rings. The number of hydrogen-bond donors (Lipinski definition) is 0. The lowest BCUT2D eigenvalue weighted by molar-refractivity contribution is -0.147. The molecule has 0 saturated heterocycles. The molecule has 0 fully saturated rings. The van der Waals surface area contributed by atoms with Crippen molar-refractivity contribution in [3.05, 3.63) is 71.3 Å². The molecule has 0 spiro atoms. The summed E-state index contributed by atoms with van der Waals surface area (Å²) in [5, 5.41) is 0. The molecule has 0 radical (unpaired) electrons. The van der Waals surface area contributed by atoms with Gasteiger partial charge in [0, 0.05) is 12.8 Å². The van der Waals surface area contributed by atoms with E-state index in [0.717, 1.165) is 31.2 Å². The van der Waals surface area contributed by atoms with Gasteiger partial charge in [0.2, 0.25) is 0 Å². The van der Waals surface area contributed by atoms with Crippen LogP contribution in [0, 0.1) is 0 Å². The Labute approximate surface area is 156 Å². The van der Waals surface area contributed by atoms with E-state index in [4.69, 9.17) is 4.74 Å². The molecule has 2 aromatic carbocycles. The van der Waals surface area contributed by atoms with Gasteiger partial charge in [-0.05, 0) is 48.8 Å². The van der Waals surface area contributed by atoms with Crippen LogP contribution in [0.4, 0.5) is 0 Å². The average molecular weight is 352 g/mol. The molecule has 26 heavy (non-hydrogen) atoms. The van der Waals surface area contributed by atoms with Gasteiger partial charge in [0.15, 0.2) is 5.78 Å². The van der Waals surface area contributed by atoms with E-state index in [-0.39, 0.29) is 18.4 Å². The zero-order valence-corrected chi connectivity index (χ0v) is 15.6. The normalized spacial score (nSPS) is 10.5. The number of rotatable bonds is 11. The van der Waals surface area contributed by atoms with E-state index in [9.17, 15) is 9.59 Å². The summed E-state index contributed by atoms with van der Waals surface area (Å²) in [5.41, 5.74) is 3.65. The first kappa shape index (κ1) is 19.9. The quantitative estimate of drug-likeness (QED) is 0.435. The standard InChI is InChI=1S/C23H28O3/c1-2-8-23(25)26-18-22(24)17-21-15-13-20(14-16-21)12-7-6-11-19-9-4-3-5-10-19/h3-5,9-10,13-16H,2,6-8,11-12,17-18H2,1H3. The summed E-state index contributed by atoms with van der Waals surface area (Å²) in [6, 6.07) is 18.7. The van der Waals surface area contributed by atoms with Gasteiger partial charge in [0.25, 0.3) is 0 Å². The van der Waals surface area contributed by atoms with Gasteiger partial charge < -0.3 is 4.74 Å². The van der Waals surface area contributed by atoms with Crippen LogP contribution in [0.5, 0.6) is 0 Å². The molecule has 3 heteroatoms. The Morgan fingerprint density at radius 3 is 2.00 bits per heavy atom. The summed E-state index contributed by atoms with van der Waals surface area (Å²) in [6.45, 7) is 1.78. The zero-order chi connectivity index (χ0) is 18.6. The Hall–Kier alpha value is -2.42. The van der Waals surface area contributed by atoms with E-state index in [1.807, 2.05) is 25.1 Å². The smallest absolute Gasteiger partial charge is 0.306 e. The van der Waals surface area contributed by atoms with E-state index >= 15 is 0 Å². The van der Waals surface area contributed by atoms with Crippen molar-refractivity contribution in [2.24, 2.45) is 0 Å². The largest absolute Gasteiger partial charge is 0.458 e. The van der Waals surface area contributed by atoms with Crippen LogP contribution in [-0.2, 0) is 33.6 Å². The summed E-state index contributed by atoms with van der Waals surface area (Å²) < 4.78 is 4.95. The lowest BCUT2D eigenvalue weighted by atomic mass is 10.0. The van der Waals surface area contributed by atoms with Gasteiger partial charge in [-0.2, -0.15) is 0 Å². The minimum atomic E-state index is -0.299. The second-order valence-corrected chi connectivity index (χ2v) is 6.64. The Balaban J connectivity index is 1.67. The lowest BCUT2D eigenvalue weighted by Crippen LogP contribution is -2.15. The Bertz CT molecular complexity index is 674. The van der Waals surface area contributed by atoms with Gasteiger partial charge in [0.1, 0.15) is 6.61 Å². The van der Waals surface area contributed by atoms with Gasteiger partial charge in [-0.3, -0.25) is 9.59 Å². The summed E-state index contributed by atoms with van der Waals surface area (Å²) in [7, 11) is 0. The van der Waals surface area contributed by atoms with E-state index in [0.29, 0.717) is 12.8 Å². The molecule has 0 unspecified atom stereocenters. The van der Waals surface area contributed by atoms with Crippen LogP contribution < -0.4 is 0 Å². The van der Waals surface area contributed by atoms with Crippen molar-refractivity contribution < 1.29 is 14.3 Å². The Morgan fingerprint density at radius 2 is 1.38 bits per heavy atom. The van der Waals surface area contributed by atoms with Crippen molar-refractivity contribution in [1.82, 2.24) is 0 Å². The van der Waals surface area contributed by atoms with Crippen molar-refractivity contribution in [1.29, 1.82) is 0 Å². The van der Waals surface area contributed by atoms with E-state index in [1.165, 1.54) is 17.5 Å². The molecule has 0 amide bonds. The number of aryl methyl sites for hydroxylation is 2. The minimum Gasteiger partial charge on any atom is -0.458 e. The van der Waals surface area contributed by atoms with Crippen molar-refractivity contribution in [2.45, 2.75) is 51.9 Å². The van der Waals surface area contributed by atoms with Gasteiger partial charge in [-0.1, -0.05) is 61.5 Å². The monoisotopic (exact) mass is 352 g/mol. The maximum absolute atomic E-state index is 11.9. The molecule has 138 valence electrons. The predicted octanol–water partition coefficient (Wildman–Crippen LogP) is 4.71. The number of ketones is 1. The number of carbonyl (C=O) groups excluding carboxylic acids is 2. The fourth-order valence-corrected chi connectivity index (χ4v) is 2.84. The number of ether oxygens (including phenoxy) is 1. The molecule has 2 rings (SSSR count). The summed E-state index contributed by atoms with van der Waals surface area (Å²) in [4.78, 5) is 23.2. The molecule has 0 atom stereocenters. The highest BCUT2D eigenvalue weighted by molar-refractivity contribution is 5.84. The second kappa shape index (κ2) is 11.2. The summed E-state index contributed by atoms with van der Waals surface area (Å²) in [5.74, 6) is -0.364. The van der Waals surface area contributed by atoms with E-state index in [2.05, 4.69) is 36.4 Å². The van der Waals surface area contributed by atoms with Crippen molar-refractivity contribution >= 4 is 11.8 Å². The highest BCUT2D eigenvalue weighted by atomic mass is 16.5. The molecule has 0 aliphatic carbocycles. The maximum atomic E-state index is 11.9. The molecule has 0 heterocycles. The molecule has 3 nitrogen and oxygen atoms in total. The molecule has 0 saturated carbocycles. The third-order valence-electron chi connectivity index (χ3n) is 4.30. The van der Waals surface area contributed by atoms with Gasteiger partial charge in [-0.15, -0.1) is 0 Å². The Morgan fingerprint density at radius 1 is 0.808 bits per heavy atom. The maximum Gasteiger partial charge on any atom is 0.306 e. The molecule has 0 aliphatic heterocycles. The zero-order valence-electron chi connectivity index (χ0n) is 15.6. The summed E-state index contributed by atoms with van der Waals surface area (Å²) in [6.07, 6.45) is 5.91. The highest BCUT2D eigenvalue weighted by Crippen LogP contribution is 2.11. The third-order valence-corrected chi connectivity index (χ3v) is 4.30. The van der Waals surface area contributed by atoms with Crippen molar-refractivity contribution in [2.75, 3.05) is 6.61 Å². The second-order valence-electron chi connectivity index (χ2n) is 6.64. The van der Waals surface area contributed by atoms with Crippen LogP contribution in [0.1, 0.15) is 49.3 Å². The number of benzene rings is 2.